The van der Waals surface area contributed by atoms with Gasteiger partial charge in [-0.1, -0.05) is 47.5 Å². The number of benzene rings is 2. The molecule has 28 heavy (non-hydrogen) atoms. The lowest BCUT2D eigenvalue weighted by Gasteiger charge is -2.08. The molecule has 0 aliphatic carbocycles. The van der Waals surface area contributed by atoms with E-state index in [1.165, 1.54) is 0 Å². The van der Waals surface area contributed by atoms with E-state index in [0.29, 0.717) is 22.0 Å². The Kier molecular flexibility index (Phi) is 4.72. The molecule has 0 unspecified atom stereocenters. The average molecular weight is 389 g/mol. The number of fused-ring (bicyclic) bond motifs is 1. The molecule has 0 aliphatic rings. The molecule has 5 heteroatoms. The maximum atomic E-state index is 13.1. The van der Waals surface area contributed by atoms with Crippen molar-refractivity contribution >= 4 is 34.5 Å². The summed E-state index contributed by atoms with van der Waals surface area (Å²) in [5.74, 6) is -1.28. The van der Waals surface area contributed by atoms with Crippen LogP contribution in [0.15, 0.2) is 79.0 Å². The lowest BCUT2D eigenvalue weighted by Crippen LogP contribution is -2.24. The van der Waals surface area contributed by atoms with Gasteiger partial charge in [-0.25, -0.2) is 0 Å². The molecule has 0 fully saturated rings. The summed E-state index contributed by atoms with van der Waals surface area (Å²) in [7, 11) is 0. The molecular weight excluding hydrogens is 372 g/mol. The molecule has 4 nitrogen and oxygen atoms in total. The number of halogens is 1. The third kappa shape index (κ3) is 3.42. The van der Waals surface area contributed by atoms with Gasteiger partial charge in [-0.15, -0.1) is 0 Å². The lowest BCUT2D eigenvalue weighted by molar-refractivity contribution is -0.112. The Hall–Kier alpha value is -3.37. The van der Waals surface area contributed by atoms with Crippen LogP contribution < -0.4 is 5.32 Å². The summed E-state index contributed by atoms with van der Waals surface area (Å²) < 4.78 is 1.74. The second kappa shape index (κ2) is 7.33. The van der Waals surface area contributed by atoms with Gasteiger partial charge in [0.15, 0.2) is 0 Å². The normalized spacial score (nSPS) is 10.8. The number of hydrogen-bond acceptors (Lipinski definition) is 2. The second-order valence-corrected chi connectivity index (χ2v) is 6.99. The van der Waals surface area contributed by atoms with E-state index in [1.807, 2.05) is 55.5 Å². The van der Waals surface area contributed by atoms with Gasteiger partial charge in [0.05, 0.1) is 0 Å². The fourth-order valence-corrected chi connectivity index (χ4v) is 3.26. The topological polar surface area (TPSA) is 50.6 Å². The molecule has 4 aromatic rings. The molecule has 0 saturated carbocycles. The minimum atomic E-state index is -0.678. The summed E-state index contributed by atoms with van der Waals surface area (Å²) in [5.41, 5.74) is 4.32. The molecule has 2 aromatic heterocycles. The van der Waals surface area contributed by atoms with E-state index in [0.717, 1.165) is 16.6 Å². The molecule has 0 spiro atoms. The zero-order valence-corrected chi connectivity index (χ0v) is 15.9. The van der Waals surface area contributed by atoms with E-state index in [4.69, 9.17) is 11.6 Å². The third-order valence-electron chi connectivity index (χ3n) is 4.57. The summed E-state index contributed by atoms with van der Waals surface area (Å²) in [6.45, 7) is 1.96. The van der Waals surface area contributed by atoms with Crippen LogP contribution in [0.2, 0.25) is 5.02 Å². The molecule has 0 bridgehead atoms. The van der Waals surface area contributed by atoms with Gasteiger partial charge in [-0.05, 0) is 55.0 Å². The fraction of sp³-hybridized carbons (Fsp3) is 0.0435. The molecule has 1 N–H and O–H groups in total. The van der Waals surface area contributed by atoms with E-state index in [-0.39, 0.29) is 0 Å². The summed E-state index contributed by atoms with van der Waals surface area (Å²) >= 11 is 6.00. The Labute approximate surface area is 167 Å². The Morgan fingerprint density at radius 2 is 1.64 bits per heavy atom. The van der Waals surface area contributed by atoms with Crippen molar-refractivity contribution in [1.29, 1.82) is 0 Å². The van der Waals surface area contributed by atoms with Gasteiger partial charge in [-0.2, -0.15) is 0 Å². The SMILES string of the molecule is Cc1ccc(NC(=O)C(=O)c2c(-c3ccc(Cl)cc3)cc3ccccn23)cc1. The highest BCUT2D eigenvalue weighted by Gasteiger charge is 2.24. The van der Waals surface area contributed by atoms with E-state index >= 15 is 0 Å². The van der Waals surface area contributed by atoms with E-state index < -0.39 is 11.7 Å². The number of anilines is 1. The summed E-state index contributed by atoms with van der Waals surface area (Å²) in [6, 6.07) is 22.0. The fourth-order valence-electron chi connectivity index (χ4n) is 3.14. The molecule has 2 aromatic carbocycles. The zero-order valence-electron chi connectivity index (χ0n) is 15.1. The van der Waals surface area contributed by atoms with Crippen molar-refractivity contribution in [3.05, 3.63) is 95.3 Å². The number of aryl methyl sites for hydroxylation is 1. The van der Waals surface area contributed by atoms with Crippen molar-refractivity contribution in [2.24, 2.45) is 0 Å². The van der Waals surface area contributed by atoms with Gasteiger partial charge in [0.2, 0.25) is 0 Å². The van der Waals surface area contributed by atoms with E-state index in [2.05, 4.69) is 5.32 Å². The summed E-state index contributed by atoms with van der Waals surface area (Å²) in [4.78, 5) is 25.8. The van der Waals surface area contributed by atoms with Crippen molar-refractivity contribution < 1.29 is 9.59 Å². The monoisotopic (exact) mass is 388 g/mol. The molecular formula is C23H17ClN2O2. The van der Waals surface area contributed by atoms with Crippen LogP contribution in [0, 0.1) is 6.92 Å². The maximum absolute atomic E-state index is 13.1. The van der Waals surface area contributed by atoms with Gasteiger partial charge >= 0.3 is 0 Å². The first kappa shape index (κ1) is 18.0. The third-order valence-corrected chi connectivity index (χ3v) is 4.82. The summed E-state index contributed by atoms with van der Waals surface area (Å²) in [6.07, 6.45) is 1.78. The van der Waals surface area contributed by atoms with Crippen LogP contribution in [0.3, 0.4) is 0 Å². The van der Waals surface area contributed by atoms with E-state index in [9.17, 15) is 9.59 Å². The molecule has 0 atom stereocenters. The van der Waals surface area contributed by atoms with Crippen LogP contribution in [0.5, 0.6) is 0 Å². The zero-order chi connectivity index (χ0) is 19.7. The number of carbonyl (C=O) groups is 2. The number of rotatable bonds is 4. The Balaban J connectivity index is 1.76. The molecule has 138 valence electrons. The lowest BCUT2D eigenvalue weighted by atomic mass is 10.0. The molecule has 0 radical (unpaired) electrons. The maximum Gasteiger partial charge on any atom is 0.298 e. The largest absolute Gasteiger partial charge is 0.319 e. The number of pyridine rings is 1. The number of Topliss-reactive ketones (excluding diaryl/α,β-unsaturated/α-hetero) is 1. The highest BCUT2D eigenvalue weighted by molar-refractivity contribution is 6.47. The number of ketones is 1. The van der Waals surface area contributed by atoms with Crippen LogP contribution >= 0.6 is 11.6 Å². The van der Waals surface area contributed by atoms with Crippen LogP contribution in [0.1, 0.15) is 16.1 Å². The smallest absolute Gasteiger partial charge is 0.298 e. The quantitative estimate of drug-likeness (QED) is 0.376. The van der Waals surface area contributed by atoms with Crippen LogP contribution in [0.25, 0.3) is 16.6 Å². The molecule has 4 rings (SSSR count). The van der Waals surface area contributed by atoms with Crippen molar-refractivity contribution in [3.8, 4) is 11.1 Å². The number of amides is 1. The first-order chi connectivity index (χ1) is 13.5. The predicted octanol–water partition coefficient (Wildman–Crippen LogP) is 5.39. The van der Waals surface area contributed by atoms with Gasteiger partial charge in [0, 0.05) is 28.0 Å². The van der Waals surface area contributed by atoms with Gasteiger partial charge in [0.25, 0.3) is 11.7 Å². The first-order valence-electron chi connectivity index (χ1n) is 8.81. The van der Waals surface area contributed by atoms with E-state index in [1.54, 1.807) is 34.9 Å². The minimum absolute atomic E-state index is 0.322. The van der Waals surface area contributed by atoms with Gasteiger partial charge in [0.1, 0.15) is 5.69 Å². The van der Waals surface area contributed by atoms with Crippen molar-refractivity contribution in [3.63, 3.8) is 0 Å². The average Bonchev–Trinajstić information content (AvgIpc) is 3.09. The first-order valence-corrected chi connectivity index (χ1v) is 9.19. The highest BCUT2D eigenvalue weighted by Crippen LogP contribution is 2.29. The number of hydrogen-bond donors (Lipinski definition) is 1. The van der Waals surface area contributed by atoms with Crippen molar-refractivity contribution in [1.82, 2.24) is 4.40 Å². The second-order valence-electron chi connectivity index (χ2n) is 6.56. The number of aromatic nitrogens is 1. The van der Waals surface area contributed by atoms with Crippen LogP contribution in [-0.4, -0.2) is 16.1 Å². The summed E-state index contributed by atoms with van der Waals surface area (Å²) in [5, 5.41) is 3.30. The Morgan fingerprint density at radius 1 is 0.929 bits per heavy atom. The molecule has 0 saturated heterocycles. The highest BCUT2D eigenvalue weighted by atomic mass is 35.5. The Bertz CT molecular complexity index is 1180. The molecule has 1 amide bonds. The minimum Gasteiger partial charge on any atom is -0.319 e. The predicted molar refractivity (Wildman–Crippen MR) is 112 cm³/mol. The van der Waals surface area contributed by atoms with Gasteiger partial charge in [-0.3, -0.25) is 9.59 Å². The van der Waals surface area contributed by atoms with Crippen LogP contribution in [-0.2, 0) is 4.79 Å². The number of nitrogens with zero attached hydrogens (tertiary/aromatic N) is 1. The van der Waals surface area contributed by atoms with Gasteiger partial charge < -0.3 is 9.72 Å². The van der Waals surface area contributed by atoms with Crippen molar-refractivity contribution in [2.75, 3.05) is 5.32 Å². The number of nitrogens with one attached hydrogen (secondary N) is 1. The molecule has 2 heterocycles. The standard InChI is InChI=1S/C23H17ClN2O2/c1-15-5-11-18(12-6-15)25-23(28)22(27)21-20(16-7-9-17(24)10-8-16)14-19-4-2-3-13-26(19)21/h2-14H,1H3,(H,25,28). The number of carbonyl (C=O) groups excluding carboxylic acids is 2. The van der Waals surface area contributed by atoms with Crippen molar-refractivity contribution in [2.45, 2.75) is 6.92 Å². The molecule has 0 aliphatic heterocycles. The van der Waals surface area contributed by atoms with Crippen LogP contribution in [0.4, 0.5) is 5.69 Å². The Morgan fingerprint density at radius 3 is 2.36 bits per heavy atom.